The Kier molecular flexibility index (Phi) is 5.46. The Hall–Kier alpha value is -2.87. The second-order valence-corrected chi connectivity index (χ2v) is 6.85. The summed E-state index contributed by atoms with van der Waals surface area (Å²) in [5, 5.41) is 18.6. The number of carbonyl (C=O) groups is 1. The molecule has 0 radical (unpaired) electrons. The van der Waals surface area contributed by atoms with E-state index in [1.165, 1.54) is 7.11 Å². The van der Waals surface area contributed by atoms with Crippen LogP contribution in [0.1, 0.15) is 5.56 Å². The highest BCUT2D eigenvalue weighted by Gasteiger charge is 2.15. The Balaban J connectivity index is 1.77. The molecule has 0 unspecified atom stereocenters. The number of hydrogen-bond donors (Lipinski definition) is 1. The van der Waals surface area contributed by atoms with Crippen molar-refractivity contribution in [3.63, 3.8) is 0 Å². The Morgan fingerprint density at radius 3 is 2.74 bits per heavy atom. The highest BCUT2D eigenvalue weighted by molar-refractivity contribution is 9.10. The second kappa shape index (κ2) is 7.79. The number of carbonyl (C=O) groups excluding carboxylic acids is 1. The normalized spacial score (nSPS) is 11.3. The van der Waals surface area contributed by atoms with E-state index in [4.69, 9.17) is 9.47 Å². The highest BCUT2D eigenvalue weighted by atomic mass is 79.9. The van der Waals surface area contributed by atoms with Gasteiger partial charge in [-0.15, -0.1) is 10.2 Å². The standard InChI is InChI=1S/C19H18BrN3O4/c1-11-4-6-14-13(8-11)18(19(25)23(14)2)22-21-17(24)10-27-15-7-5-12(20)9-16(15)26-3/h4-9,25H,10H2,1-3H3. The zero-order chi connectivity index (χ0) is 19.6. The number of rotatable bonds is 5. The van der Waals surface area contributed by atoms with Crippen LogP contribution in [0.3, 0.4) is 0 Å². The SMILES string of the molecule is COc1cc(Br)ccc1OCC(=O)N=Nc1c(O)n(C)c2ccc(C)cc12. The van der Waals surface area contributed by atoms with Crippen molar-refractivity contribution < 1.29 is 19.4 Å². The minimum absolute atomic E-state index is 0.0531. The van der Waals surface area contributed by atoms with E-state index in [1.54, 1.807) is 29.8 Å². The Bertz CT molecular complexity index is 1040. The number of nitrogens with zero attached hydrogens (tertiary/aromatic N) is 3. The molecule has 27 heavy (non-hydrogen) atoms. The van der Waals surface area contributed by atoms with Crippen molar-refractivity contribution >= 4 is 38.4 Å². The molecule has 0 aliphatic heterocycles. The van der Waals surface area contributed by atoms with E-state index in [0.717, 1.165) is 20.9 Å². The van der Waals surface area contributed by atoms with Crippen molar-refractivity contribution in [2.45, 2.75) is 6.92 Å². The minimum Gasteiger partial charge on any atom is -0.493 e. The number of ether oxygens (including phenoxy) is 2. The number of hydrogen-bond acceptors (Lipinski definition) is 5. The molecule has 7 nitrogen and oxygen atoms in total. The van der Waals surface area contributed by atoms with Gasteiger partial charge in [0.15, 0.2) is 23.8 Å². The molecule has 1 heterocycles. The van der Waals surface area contributed by atoms with Crippen molar-refractivity contribution in [1.82, 2.24) is 4.57 Å². The van der Waals surface area contributed by atoms with Crippen LogP contribution in [0.4, 0.5) is 5.69 Å². The van der Waals surface area contributed by atoms with Crippen LogP contribution in [0.25, 0.3) is 10.9 Å². The fraction of sp³-hybridized carbons (Fsp3) is 0.211. The summed E-state index contributed by atoms with van der Waals surface area (Å²) < 4.78 is 13.1. The van der Waals surface area contributed by atoms with Gasteiger partial charge in [-0.25, -0.2) is 0 Å². The number of aryl methyl sites for hydroxylation is 2. The summed E-state index contributed by atoms with van der Waals surface area (Å²) >= 11 is 3.34. The molecule has 1 amide bonds. The molecule has 0 spiro atoms. The zero-order valence-corrected chi connectivity index (χ0v) is 16.6. The van der Waals surface area contributed by atoms with Crippen LogP contribution in [-0.4, -0.2) is 29.3 Å². The molecule has 0 atom stereocenters. The molecular weight excluding hydrogens is 414 g/mol. The lowest BCUT2D eigenvalue weighted by atomic mass is 10.1. The Labute approximate surface area is 164 Å². The first-order chi connectivity index (χ1) is 12.9. The van der Waals surface area contributed by atoms with Gasteiger partial charge in [0.2, 0.25) is 5.88 Å². The fourth-order valence-corrected chi connectivity index (χ4v) is 3.00. The molecule has 0 fully saturated rings. The van der Waals surface area contributed by atoms with E-state index in [9.17, 15) is 9.90 Å². The summed E-state index contributed by atoms with van der Waals surface area (Å²) in [7, 11) is 3.23. The van der Waals surface area contributed by atoms with Crippen LogP contribution in [0.2, 0.25) is 0 Å². The maximum Gasteiger partial charge on any atom is 0.302 e. The van der Waals surface area contributed by atoms with E-state index in [-0.39, 0.29) is 18.2 Å². The van der Waals surface area contributed by atoms with E-state index in [0.29, 0.717) is 11.5 Å². The predicted molar refractivity (Wildman–Crippen MR) is 105 cm³/mol. The molecule has 3 rings (SSSR count). The lowest BCUT2D eigenvalue weighted by Gasteiger charge is -2.09. The number of amides is 1. The van der Waals surface area contributed by atoms with Crippen molar-refractivity contribution in [3.05, 3.63) is 46.4 Å². The van der Waals surface area contributed by atoms with Crippen molar-refractivity contribution in [3.8, 4) is 17.4 Å². The topological polar surface area (TPSA) is 85.4 Å². The van der Waals surface area contributed by atoms with Crippen LogP contribution in [0.5, 0.6) is 17.4 Å². The summed E-state index contributed by atoms with van der Waals surface area (Å²) in [6, 6.07) is 10.9. The van der Waals surface area contributed by atoms with Gasteiger partial charge in [-0.05, 0) is 37.3 Å². The van der Waals surface area contributed by atoms with Gasteiger partial charge >= 0.3 is 5.91 Å². The predicted octanol–water partition coefficient (Wildman–Crippen LogP) is 4.65. The molecule has 8 heteroatoms. The van der Waals surface area contributed by atoms with E-state index in [1.807, 2.05) is 25.1 Å². The third kappa shape index (κ3) is 3.95. The van der Waals surface area contributed by atoms with Crippen LogP contribution in [0, 0.1) is 6.92 Å². The molecule has 1 N–H and O–H groups in total. The molecule has 0 bridgehead atoms. The third-order valence-corrected chi connectivity index (χ3v) is 4.53. The molecule has 0 saturated heterocycles. The number of azo groups is 1. The maximum atomic E-state index is 12.1. The van der Waals surface area contributed by atoms with Crippen LogP contribution in [0.15, 0.2) is 51.1 Å². The number of halogens is 1. The smallest absolute Gasteiger partial charge is 0.302 e. The Morgan fingerprint density at radius 2 is 2.00 bits per heavy atom. The van der Waals surface area contributed by atoms with Gasteiger partial charge < -0.3 is 19.1 Å². The van der Waals surface area contributed by atoms with Crippen molar-refractivity contribution in [2.75, 3.05) is 13.7 Å². The fourth-order valence-electron chi connectivity index (χ4n) is 2.66. The van der Waals surface area contributed by atoms with Gasteiger partial charge in [0.25, 0.3) is 0 Å². The van der Waals surface area contributed by atoms with E-state index < -0.39 is 5.91 Å². The summed E-state index contributed by atoms with van der Waals surface area (Å²) in [5.41, 5.74) is 2.07. The van der Waals surface area contributed by atoms with Crippen molar-refractivity contribution in [2.24, 2.45) is 17.3 Å². The molecule has 2 aromatic carbocycles. The minimum atomic E-state index is -0.580. The Morgan fingerprint density at radius 1 is 1.22 bits per heavy atom. The average Bonchev–Trinajstić information content (AvgIpc) is 2.88. The highest BCUT2D eigenvalue weighted by Crippen LogP contribution is 2.38. The van der Waals surface area contributed by atoms with Gasteiger partial charge in [-0.3, -0.25) is 4.79 Å². The van der Waals surface area contributed by atoms with E-state index in [2.05, 4.69) is 26.2 Å². The quantitative estimate of drug-likeness (QED) is 0.595. The number of methoxy groups -OCH3 is 1. The molecular formula is C19H18BrN3O4. The van der Waals surface area contributed by atoms with Gasteiger partial charge in [0.1, 0.15) is 0 Å². The maximum absolute atomic E-state index is 12.1. The molecule has 1 aromatic heterocycles. The first-order valence-corrected chi connectivity index (χ1v) is 8.89. The number of benzene rings is 2. The zero-order valence-electron chi connectivity index (χ0n) is 15.1. The van der Waals surface area contributed by atoms with Gasteiger partial charge in [0.05, 0.1) is 12.6 Å². The summed E-state index contributed by atoms with van der Waals surface area (Å²) in [4.78, 5) is 12.1. The number of aromatic hydroxyl groups is 1. The van der Waals surface area contributed by atoms with Gasteiger partial charge in [0, 0.05) is 16.9 Å². The summed E-state index contributed by atoms with van der Waals surface area (Å²) in [6.07, 6.45) is 0. The van der Waals surface area contributed by atoms with Crippen molar-refractivity contribution in [1.29, 1.82) is 0 Å². The largest absolute Gasteiger partial charge is 0.493 e. The molecule has 0 aliphatic rings. The van der Waals surface area contributed by atoms with E-state index >= 15 is 0 Å². The van der Waals surface area contributed by atoms with Gasteiger partial charge in [-0.1, -0.05) is 27.6 Å². The molecule has 0 aliphatic carbocycles. The number of fused-ring (bicyclic) bond motifs is 1. The van der Waals surface area contributed by atoms with Crippen LogP contribution in [-0.2, 0) is 11.8 Å². The molecule has 140 valence electrons. The van der Waals surface area contributed by atoms with Crippen LogP contribution >= 0.6 is 15.9 Å². The summed E-state index contributed by atoms with van der Waals surface area (Å²) in [6.45, 7) is 1.64. The first-order valence-electron chi connectivity index (χ1n) is 8.09. The lowest BCUT2D eigenvalue weighted by molar-refractivity contribution is -0.120. The summed E-state index contributed by atoms with van der Waals surface area (Å²) in [5.74, 6) is 0.288. The second-order valence-electron chi connectivity index (χ2n) is 5.93. The average molecular weight is 432 g/mol. The first kappa shape index (κ1) is 18.9. The third-order valence-electron chi connectivity index (χ3n) is 4.04. The molecule has 3 aromatic rings. The number of aromatic nitrogens is 1. The van der Waals surface area contributed by atoms with Crippen LogP contribution < -0.4 is 9.47 Å². The lowest BCUT2D eigenvalue weighted by Crippen LogP contribution is -2.08. The van der Waals surface area contributed by atoms with Gasteiger partial charge in [-0.2, -0.15) is 0 Å². The monoisotopic (exact) mass is 431 g/mol. The molecule has 0 saturated carbocycles.